The van der Waals surface area contributed by atoms with Crippen molar-refractivity contribution in [2.75, 3.05) is 31.2 Å². The zero-order valence-corrected chi connectivity index (χ0v) is 21.4. The summed E-state index contributed by atoms with van der Waals surface area (Å²) in [6.07, 6.45) is 1.87. The monoisotopic (exact) mass is 457 g/mol. The molecule has 3 aromatic rings. The van der Waals surface area contributed by atoms with E-state index < -0.39 is 0 Å². The number of nitrogens with zero attached hydrogens (tertiary/aromatic N) is 5. The van der Waals surface area contributed by atoms with Crippen LogP contribution in [0.4, 0.5) is 5.95 Å². The number of anilines is 1. The van der Waals surface area contributed by atoms with E-state index in [0.29, 0.717) is 30.8 Å². The SMILES string of the molecule is Cc1nc(-c2ccc(-c3ccc4c(c3)C(C)(C)C(C)(C)C4(C)C)nc2)nc(N2CCOCC2)n1. The molecule has 6 nitrogen and oxygen atoms in total. The van der Waals surface area contributed by atoms with Gasteiger partial charge in [-0.15, -0.1) is 0 Å². The van der Waals surface area contributed by atoms with Gasteiger partial charge in [0.1, 0.15) is 5.82 Å². The first-order chi connectivity index (χ1) is 16.0. The smallest absolute Gasteiger partial charge is 0.229 e. The Labute approximate surface area is 202 Å². The number of hydrogen-bond donors (Lipinski definition) is 0. The van der Waals surface area contributed by atoms with Gasteiger partial charge in [0.2, 0.25) is 5.95 Å². The normalized spacial score (nSPS) is 20.3. The Hall–Kier alpha value is -2.86. The zero-order chi connectivity index (χ0) is 24.3. The second kappa shape index (κ2) is 7.84. The van der Waals surface area contributed by atoms with E-state index in [-0.39, 0.29) is 16.2 Å². The molecular weight excluding hydrogens is 422 g/mol. The largest absolute Gasteiger partial charge is 0.378 e. The van der Waals surface area contributed by atoms with Gasteiger partial charge in [-0.25, -0.2) is 4.98 Å². The molecule has 0 amide bonds. The summed E-state index contributed by atoms with van der Waals surface area (Å²) in [5.41, 5.74) is 6.20. The summed E-state index contributed by atoms with van der Waals surface area (Å²) in [5, 5.41) is 0. The Morgan fingerprint density at radius 3 is 2.15 bits per heavy atom. The summed E-state index contributed by atoms with van der Waals surface area (Å²) in [5.74, 6) is 2.08. The summed E-state index contributed by atoms with van der Waals surface area (Å²) >= 11 is 0. The highest BCUT2D eigenvalue weighted by molar-refractivity contribution is 5.67. The van der Waals surface area contributed by atoms with E-state index in [1.165, 1.54) is 11.1 Å². The lowest BCUT2D eigenvalue weighted by Gasteiger charge is -2.44. The van der Waals surface area contributed by atoms with Crippen LogP contribution >= 0.6 is 0 Å². The standard InChI is InChI=1S/C28H35N5O/c1-18-30-24(32-25(31-18)33-12-14-34-15-13-33)20-9-11-23(29-17-20)19-8-10-21-22(16-19)27(4,5)28(6,7)26(21,2)3/h8-11,16-17H,12-15H2,1-7H3. The van der Waals surface area contributed by atoms with Crippen LogP contribution in [0.1, 0.15) is 58.5 Å². The first-order valence-electron chi connectivity index (χ1n) is 12.2. The molecule has 3 heterocycles. The molecule has 1 aliphatic heterocycles. The van der Waals surface area contributed by atoms with Crippen LogP contribution in [0.25, 0.3) is 22.6 Å². The maximum atomic E-state index is 5.46. The minimum Gasteiger partial charge on any atom is -0.378 e. The lowest BCUT2D eigenvalue weighted by atomic mass is 9.59. The summed E-state index contributed by atoms with van der Waals surface area (Å²) in [6, 6.07) is 11.0. The maximum absolute atomic E-state index is 5.46. The van der Waals surface area contributed by atoms with Gasteiger partial charge in [0.25, 0.3) is 0 Å². The molecule has 0 bridgehead atoms. The zero-order valence-electron chi connectivity index (χ0n) is 21.4. The second-order valence-corrected chi connectivity index (χ2v) is 11.2. The lowest BCUT2D eigenvalue weighted by molar-refractivity contribution is 0.122. The number of benzene rings is 1. The molecule has 0 spiro atoms. The highest BCUT2D eigenvalue weighted by Crippen LogP contribution is 2.61. The number of rotatable bonds is 3. The van der Waals surface area contributed by atoms with Crippen LogP contribution in [0, 0.1) is 12.3 Å². The third-order valence-corrected chi connectivity index (χ3v) is 8.84. The summed E-state index contributed by atoms with van der Waals surface area (Å²) in [6.45, 7) is 19.2. The van der Waals surface area contributed by atoms with Gasteiger partial charge in [0.05, 0.1) is 18.9 Å². The molecular formula is C28H35N5O. The van der Waals surface area contributed by atoms with Gasteiger partial charge >= 0.3 is 0 Å². The number of aryl methyl sites for hydroxylation is 1. The topological polar surface area (TPSA) is 64.0 Å². The molecule has 2 aliphatic rings. The Morgan fingerprint density at radius 1 is 0.794 bits per heavy atom. The van der Waals surface area contributed by atoms with E-state index in [9.17, 15) is 0 Å². The Bertz CT molecular complexity index is 1220. The van der Waals surface area contributed by atoms with Gasteiger partial charge in [-0.3, -0.25) is 4.98 Å². The van der Waals surface area contributed by atoms with Crippen molar-refractivity contribution in [2.24, 2.45) is 5.41 Å². The van der Waals surface area contributed by atoms with E-state index in [1.54, 1.807) is 0 Å². The van der Waals surface area contributed by atoms with Crippen molar-refractivity contribution >= 4 is 5.95 Å². The minimum absolute atomic E-state index is 0.0695. The van der Waals surface area contributed by atoms with E-state index in [1.807, 2.05) is 13.1 Å². The molecule has 5 rings (SSSR count). The Balaban J connectivity index is 1.47. The molecule has 1 aromatic carbocycles. The molecule has 2 aromatic heterocycles. The Morgan fingerprint density at radius 2 is 1.47 bits per heavy atom. The van der Waals surface area contributed by atoms with Crippen LogP contribution in [0.3, 0.4) is 0 Å². The van der Waals surface area contributed by atoms with Crippen molar-refractivity contribution in [3.05, 3.63) is 53.5 Å². The second-order valence-electron chi connectivity index (χ2n) is 11.2. The van der Waals surface area contributed by atoms with Crippen LogP contribution < -0.4 is 4.90 Å². The summed E-state index contributed by atoms with van der Waals surface area (Å²) in [7, 11) is 0. The number of morpholine rings is 1. The average molecular weight is 458 g/mol. The lowest BCUT2D eigenvalue weighted by Crippen LogP contribution is -2.42. The van der Waals surface area contributed by atoms with Crippen LogP contribution in [-0.2, 0) is 15.6 Å². The number of aromatic nitrogens is 4. The third-order valence-electron chi connectivity index (χ3n) is 8.84. The van der Waals surface area contributed by atoms with Gasteiger partial charge in [-0.05, 0) is 52.5 Å². The third kappa shape index (κ3) is 3.42. The quantitative estimate of drug-likeness (QED) is 0.529. The molecule has 1 saturated heterocycles. The first-order valence-corrected chi connectivity index (χ1v) is 12.2. The van der Waals surface area contributed by atoms with Gasteiger partial charge in [-0.2, -0.15) is 9.97 Å². The van der Waals surface area contributed by atoms with E-state index in [0.717, 1.165) is 29.9 Å². The maximum Gasteiger partial charge on any atom is 0.229 e. The van der Waals surface area contributed by atoms with Crippen molar-refractivity contribution in [3.8, 4) is 22.6 Å². The molecule has 0 N–H and O–H groups in total. The molecule has 34 heavy (non-hydrogen) atoms. The van der Waals surface area contributed by atoms with Crippen LogP contribution in [0.15, 0.2) is 36.5 Å². The highest BCUT2D eigenvalue weighted by Gasteiger charge is 2.56. The fourth-order valence-corrected chi connectivity index (χ4v) is 5.42. The molecule has 0 radical (unpaired) electrons. The molecule has 1 fully saturated rings. The van der Waals surface area contributed by atoms with Crippen LogP contribution in [-0.4, -0.2) is 46.2 Å². The molecule has 0 unspecified atom stereocenters. The minimum atomic E-state index is 0.0695. The van der Waals surface area contributed by atoms with E-state index in [2.05, 4.69) is 86.7 Å². The molecule has 6 heteroatoms. The molecule has 178 valence electrons. The Kier molecular flexibility index (Phi) is 5.28. The van der Waals surface area contributed by atoms with Gasteiger partial charge in [0.15, 0.2) is 5.82 Å². The summed E-state index contributed by atoms with van der Waals surface area (Å²) < 4.78 is 5.46. The fourth-order valence-electron chi connectivity index (χ4n) is 5.42. The van der Waals surface area contributed by atoms with Crippen LogP contribution in [0.5, 0.6) is 0 Å². The van der Waals surface area contributed by atoms with Crippen molar-refractivity contribution in [1.82, 2.24) is 19.9 Å². The van der Waals surface area contributed by atoms with Gasteiger partial charge in [0, 0.05) is 30.4 Å². The van der Waals surface area contributed by atoms with Crippen molar-refractivity contribution < 1.29 is 4.74 Å². The number of ether oxygens (including phenoxy) is 1. The van der Waals surface area contributed by atoms with Crippen molar-refractivity contribution in [1.29, 1.82) is 0 Å². The van der Waals surface area contributed by atoms with Gasteiger partial charge in [-0.1, -0.05) is 53.7 Å². The highest BCUT2D eigenvalue weighted by atomic mass is 16.5. The van der Waals surface area contributed by atoms with Crippen molar-refractivity contribution in [3.63, 3.8) is 0 Å². The molecule has 1 aliphatic carbocycles. The predicted molar refractivity (Wildman–Crippen MR) is 136 cm³/mol. The fraction of sp³-hybridized carbons (Fsp3) is 0.500. The first kappa shape index (κ1) is 22.9. The molecule has 0 atom stereocenters. The number of hydrogen-bond acceptors (Lipinski definition) is 6. The number of pyridine rings is 1. The van der Waals surface area contributed by atoms with E-state index >= 15 is 0 Å². The summed E-state index contributed by atoms with van der Waals surface area (Å²) in [4.78, 5) is 20.8. The van der Waals surface area contributed by atoms with Crippen molar-refractivity contribution in [2.45, 2.75) is 59.3 Å². The number of fused-ring (bicyclic) bond motifs is 1. The predicted octanol–water partition coefficient (Wildman–Crippen LogP) is 5.34. The average Bonchev–Trinajstić information content (AvgIpc) is 2.93. The van der Waals surface area contributed by atoms with E-state index in [4.69, 9.17) is 14.7 Å². The molecule has 0 saturated carbocycles. The van der Waals surface area contributed by atoms with Crippen LogP contribution in [0.2, 0.25) is 0 Å². The van der Waals surface area contributed by atoms with Gasteiger partial charge < -0.3 is 9.64 Å².